The van der Waals surface area contributed by atoms with Gasteiger partial charge in [-0.2, -0.15) is 10.1 Å². The third-order valence-corrected chi connectivity index (χ3v) is 10.7. The van der Waals surface area contributed by atoms with E-state index in [1.807, 2.05) is 60.3 Å². The molecule has 1 unspecified atom stereocenters. The standard InChI is InChI=1S/C16H32N2O2.C13H30NO4P/c1-8-15(9-2)12-17(14(5,6)7)13(19)16(10-3,11-4)18(15)20;1-9-17-19(16,18-10-2)11(12(3,4)5)14(15)13(6,7)8/h20H,8-12H2,1-7H3;11,15H,9-10H2,1-8H3. The topological polar surface area (TPSA) is 103 Å². The first kappa shape index (κ1) is 38.5. The molecular weight excluding hydrogens is 517 g/mol. The van der Waals surface area contributed by atoms with Crippen LogP contribution in [0.15, 0.2) is 0 Å². The highest BCUT2D eigenvalue weighted by Gasteiger charge is 2.58. The lowest BCUT2D eigenvalue weighted by atomic mass is 9.77. The second-order valence-electron chi connectivity index (χ2n) is 13.7. The van der Waals surface area contributed by atoms with Crippen molar-refractivity contribution >= 4 is 13.5 Å². The molecule has 9 nitrogen and oxygen atoms in total. The number of hydrogen-bond donors (Lipinski definition) is 2. The molecule has 0 bridgehead atoms. The Balaban J connectivity index is 0.000000742. The lowest BCUT2D eigenvalue weighted by molar-refractivity contribution is -0.272. The molecule has 0 aromatic rings. The van der Waals surface area contributed by atoms with Gasteiger partial charge in [0.05, 0.1) is 18.8 Å². The van der Waals surface area contributed by atoms with Gasteiger partial charge in [-0.15, -0.1) is 0 Å². The first-order valence-electron chi connectivity index (χ1n) is 14.7. The molecule has 0 aliphatic carbocycles. The summed E-state index contributed by atoms with van der Waals surface area (Å²) in [6.45, 7) is 30.4. The number of carbonyl (C=O) groups excluding carboxylic acids is 1. The zero-order valence-corrected chi connectivity index (χ0v) is 28.7. The van der Waals surface area contributed by atoms with Gasteiger partial charge in [0.1, 0.15) is 11.3 Å². The van der Waals surface area contributed by atoms with Crippen LogP contribution >= 0.6 is 7.60 Å². The van der Waals surface area contributed by atoms with E-state index >= 15 is 0 Å². The van der Waals surface area contributed by atoms with Gasteiger partial charge in [-0.25, -0.2) is 0 Å². The third-order valence-electron chi connectivity index (χ3n) is 7.86. The molecule has 1 saturated heterocycles. The van der Waals surface area contributed by atoms with Crippen LogP contribution in [0.1, 0.15) is 130 Å². The fourth-order valence-corrected chi connectivity index (χ4v) is 7.92. The molecular formula is C29H62N3O6P. The minimum atomic E-state index is -3.43. The number of nitrogens with zero attached hydrogens (tertiary/aromatic N) is 3. The smallest absolute Gasteiger partial charge is 0.334 e. The molecule has 1 rings (SSSR count). The van der Waals surface area contributed by atoms with Gasteiger partial charge in [0.25, 0.3) is 0 Å². The van der Waals surface area contributed by atoms with Crippen LogP contribution in [0.3, 0.4) is 0 Å². The third kappa shape index (κ3) is 8.50. The van der Waals surface area contributed by atoms with Gasteiger partial charge in [-0.05, 0) is 86.5 Å². The molecule has 1 aliphatic rings. The lowest BCUT2D eigenvalue weighted by Crippen LogP contribution is -2.75. The van der Waals surface area contributed by atoms with Crippen molar-refractivity contribution in [1.82, 2.24) is 15.0 Å². The van der Waals surface area contributed by atoms with Crippen LogP contribution in [-0.4, -0.2) is 79.0 Å². The van der Waals surface area contributed by atoms with E-state index in [-0.39, 0.29) is 30.2 Å². The Bertz CT molecular complexity index is 797. The predicted octanol–water partition coefficient (Wildman–Crippen LogP) is 7.55. The molecule has 2 N–H and O–H groups in total. The van der Waals surface area contributed by atoms with Crippen molar-refractivity contribution in [2.45, 2.75) is 157 Å². The summed E-state index contributed by atoms with van der Waals surface area (Å²) in [5.41, 5.74) is -2.35. The van der Waals surface area contributed by atoms with Gasteiger partial charge in [-0.1, -0.05) is 48.5 Å². The van der Waals surface area contributed by atoms with Crippen LogP contribution in [-0.2, 0) is 18.4 Å². The fourth-order valence-electron chi connectivity index (χ4n) is 5.28. The van der Waals surface area contributed by atoms with Crippen molar-refractivity contribution in [3.63, 3.8) is 0 Å². The van der Waals surface area contributed by atoms with Gasteiger partial charge in [0.15, 0.2) is 0 Å². The first-order chi connectivity index (χ1) is 17.5. The summed E-state index contributed by atoms with van der Waals surface area (Å²) in [6.07, 6.45) is 2.93. The molecule has 1 amide bonds. The van der Waals surface area contributed by atoms with Gasteiger partial charge in [0.2, 0.25) is 5.91 Å². The van der Waals surface area contributed by atoms with Gasteiger partial charge >= 0.3 is 7.60 Å². The number of amides is 1. The summed E-state index contributed by atoms with van der Waals surface area (Å²) in [5.74, 6) is -0.657. The summed E-state index contributed by atoms with van der Waals surface area (Å²) >= 11 is 0. The molecule has 1 fully saturated rings. The van der Waals surface area contributed by atoms with Crippen molar-refractivity contribution < 1.29 is 28.8 Å². The monoisotopic (exact) mass is 579 g/mol. The molecule has 39 heavy (non-hydrogen) atoms. The van der Waals surface area contributed by atoms with E-state index in [0.29, 0.717) is 19.4 Å². The molecule has 0 spiro atoms. The summed E-state index contributed by atoms with van der Waals surface area (Å²) in [4.78, 5) is 15.0. The van der Waals surface area contributed by atoms with Crippen LogP contribution in [0, 0.1) is 5.41 Å². The SMILES string of the molecule is CCC1(CC)CN(C(C)(C)C)C(=O)C(CC)(CC)N1O.CCOP(=O)(OCC)C(N(O)C(C)(C)C)C(C)(C)C. The number of rotatable bonds is 10. The number of carbonyl (C=O) groups is 1. The molecule has 0 radical (unpaired) electrons. The maximum atomic E-state index is 13.0. The number of hydrogen-bond acceptors (Lipinski definition) is 8. The summed E-state index contributed by atoms with van der Waals surface area (Å²) in [6, 6.07) is 0. The number of piperazine rings is 1. The molecule has 1 atom stereocenters. The highest BCUT2D eigenvalue weighted by Crippen LogP contribution is 2.60. The van der Waals surface area contributed by atoms with Crippen molar-refractivity contribution in [2.75, 3.05) is 19.8 Å². The van der Waals surface area contributed by atoms with Crippen molar-refractivity contribution in [3.8, 4) is 0 Å². The zero-order valence-electron chi connectivity index (χ0n) is 27.8. The van der Waals surface area contributed by atoms with E-state index < -0.39 is 29.9 Å². The molecule has 0 saturated carbocycles. The molecule has 0 aromatic carbocycles. The second-order valence-corrected chi connectivity index (χ2v) is 15.8. The summed E-state index contributed by atoms with van der Waals surface area (Å²) in [7, 11) is -3.43. The molecule has 1 aliphatic heterocycles. The van der Waals surface area contributed by atoms with E-state index in [1.54, 1.807) is 13.8 Å². The van der Waals surface area contributed by atoms with Gasteiger partial charge in [0, 0.05) is 17.6 Å². The first-order valence-corrected chi connectivity index (χ1v) is 16.3. The van der Waals surface area contributed by atoms with Crippen LogP contribution < -0.4 is 0 Å². The largest absolute Gasteiger partial charge is 0.350 e. The quantitative estimate of drug-likeness (QED) is 0.202. The highest BCUT2D eigenvalue weighted by molar-refractivity contribution is 7.54. The fraction of sp³-hybridized carbons (Fsp3) is 0.966. The van der Waals surface area contributed by atoms with Crippen LogP contribution in [0.4, 0.5) is 0 Å². The molecule has 234 valence electrons. The summed E-state index contributed by atoms with van der Waals surface area (Å²) in [5, 5.41) is 23.9. The van der Waals surface area contributed by atoms with E-state index in [4.69, 9.17) is 9.05 Å². The van der Waals surface area contributed by atoms with Crippen molar-refractivity contribution in [3.05, 3.63) is 0 Å². The Labute approximate surface area is 240 Å². The van der Waals surface area contributed by atoms with Gasteiger partial charge < -0.3 is 24.4 Å². The van der Waals surface area contributed by atoms with Gasteiger partial charge in [-0.3, -0.25) is 9.36 Å². The molecule has 0 aromatic heterocycles. The van der Waals surface area contributed by atoms with E-state index in [9.17, 15) is 19.8 Å². The molecule has 10 heteroatoms. The predicted molar refractivity (Wildman–Crippen MR) is 159 cm³/mol. The van der Waals surface area contributed by atoms with Crippen molar-refractivity contribution in [1.29, 1.82) is 0 Å². The van der Waals surface area contributed by atoms with E-state index in [2.05, 4.69) is 34.6 Å². The minimum Gasteiger partial charge on any atom is -0.334 e. The van der Waals surface area contributed by atoms with E-state index in [1.165, 1.54) is 5.06 Å². The summed E-state index contributed by atoms with van der Waals surface area (Å²) < 4.78 is 23.8. The Morgan fingerprint density at radius 2 is 1.28 bits per heavy atom. The Morgan fingerprint density at radius 1 is 0.872 bits per heavy atom. The Morgan fingerprint density at radius 3 is 1.54 bits per heavy atom. The zero-order chi connectivity index (χ0) is 31.3. The average Bonchev–Trinajstić information content (AvgIpc) is 2.79. The molecule has 1 heterocycles. The highest BCUT2D eigenvalue weighted by atomic mass is 31.2. The lowest BCUT2D eigenvalue weighted by Gasteiger charge is -2.59. The van der Waals surface area contributed by atoms with E-state index in [0.717, 1.165) is 17.9 Å². The van der Waals surface area contributed by atoms with Crippen LogP contribution in [0.25, 0.3) is 0 Å². The average molecular weight is 580 g/mol. The number of hydroxylamine groups is 4. The normalized spacial score (nSPS) is 19.6. The van der Waals surface area contributed by atoms with Crippen molar-refractivity contribution in [2.24, 2.45) is 5.41 Å². The van der Waals surface area contributed by atoms with Crippen LogP contribution in [0.2, 0.25) is 0 Å². The second kappa shape index (κ2) is 14.1. The maximum absolute atomic E-state index is 13.0. The Hall–Kier alpha value is -0.540. The Kier molecular flexibility index (Phi) is 13.9. The van der Waals surface area contributed by atoms with Crippen LogP contribution in [0.5, 0.6) is 0 Å². The maximum Gasteiger partial charge on any atom is 0.350 e. The minimum absolute atomic E-state index is 0.0648.